The first-order valence-corrected chi connectivity index (χ1v) is 11.6. The van der Waals surface area contributed by atoms with Gasteiger partial charge in [-0.1, -0.05) is 91.4 Å². The van der Waals surface area contributed by atoms with Crippen LogP contribution in [0.4, 0.5) is 0 Å². The molecule has 1 aliphatic rings. The number of carbonyl (C=O) groups is 1. The van der Waals surface area contributed by atoms with Crippen molar-refractivity contribution in [1.82, 2.24) is 0 Å². The molecule has 1 fully saturated rings. The van der Waals surface area contributed by atoms with Gasteiger partial charge in [-0.3, -0.25) is 4.79 Å². The molecule has 1 atom stereocenters. The van der Waals surface area contributed by atoms with Gasteiger partial charge in [0.25, 0.3) is 5.97 Å². The number of Topliss-reactive ketones (excluding diaryl/α,β-unsaturated/α-hetero) is 1. The van der Waals surface area contributed by atoms with Crippen LogP contribution in [0.15, 0.2) is 0 Å². The lowest BCUT2D eigenvalue weighted by Crippen LogP contribution is -2.47. The van der Waals surface area contributed by atoms with Crippen LogP contribution in [0.2, 0.25) is 0 Å². The van der Waals surface area contributed by atoms with E-state index in [9.17, 15) is 4.79 Å². The van der Waals surface area contributed by atoms with Gasteiger partial charge in [0.1, 0.15) is 13.2 Å². The smallest absolute Gasteiger partial charge is 0.283 e. The third-order valence-electron chi connectivity index (χ3n) is 5.57. The van der Waals surface area contributed by atoms with Crippen molar-refractivity contribution in [2.75, 3.05) is 19.8 Å². The number of ketones is 1. The number of unbranched alkanes of at least 4 members (excludes halogenated alkanes) is 9. The average Bonchev–Trinajstić information content (AvgIpc) is 2.69. The van der Waals surface area contributed by atoms with E-state index in [-0.39, 0.29) is 19.0 Å². The fourth-order valence-electron chi connectivity index (χ4n) is 3.56. The highest BCUT2D eigenvalue weighted by molar-refractivity contribution is 5.81. The van der Waals surface area contributed by atoms with E-state index in [2.05, 4.69) is 20.8 Å². The van der Waals surface area contributed by atoms with Crippen molar-refractivity contribution in [2.24, 2.45) is 5.92 Å². The Labute approximate surface area is 167 Å². The first-order valence-electron chi connectivity index (χ1n) is 11.6. The van der Waals surface area contributed by atoms with E-state index < -0.39 is 5.97 Å². The van der Waals surface area contributed by atoms with Gasteiger partial charge in [-0.2, -0.15) is 0 Å². The van der Waals surface area contributed by atoms with Crippen molar-refractivity contribution in [3.05, 3.63) is 0 Å². The zero-order valence-electron chi connectivity index (χ0n) is 18.2. The van der Waals surface area contributed by atoms with Crippen LogP contribution in [0.3, 0.4) is 0 Å². The standard InChI is InChI=1S/C23H44O4/c1-4-7-9-10-11-12-13-14-15-17-23(26-19-22(24)20-27-23)25-18-21(6-3)16-8-5-2/h21H,4-20H2,1-3H3. The minimum absolute atomic E-state index is 0.000622. The number of hydrogen-bond donors (Lipinski definition) is 0. The third kappa shape index (κ3) is 11.2. The molecule has 1 rings (SSSR count). The summed E-state index contributed by atoms with van der Waals surface area (Å²) >= 11 is 0. The van der Waals surface area contributed by atoms with Crippen molar-refractivity contribution in [2.45, 2.75) is 117 Å². The summed E-state index contributed by atoms with van der Waals surface area (Å²) in [6.07, 6.45) is 17.0. The molecule has 0 aromatic rings. The molecule has 160 valence electrons. The van der Waals surface area contributed by atoms with Crippen LogP contribution < -0.4 is 0 Å². The van der Waals surface area contributed by atoms with Crippen LogP contribution in [0.1, 0.15) is 111 Å². The summed E-state index contributed by atoms with van der Waals surface area (Å²) in [4.78, 5) is 11.5. The molecule has 0 amide bonds. The Hall–Kier alpha value is -0.450. The van der Waals surface area contributed by atoms with E-state index in [1.54, 1.807) is 0 Å². The number of hydrogen-bond acceptors (Lipinski definition) is 4. The Morgan fingerprint density at radius 1 is 0.852 bits per heavy atom. The van der Waals surface area contributed by atoms with Crippen LogP contribution in [-0.4, -0.2) is 31.6 Å². The Morgan fingerprint density at radius 3 is 1.96 bits per heavy atom. The predicted molar refractivity (Wildman–Crippen MR) is 111 cm³/mol. The number of ether oxygens (including phenoxy) is 3. The fourth-order valence-corrected chi connectivity index (χ4v) is 3.56. The van der Waals surface area contributed by atoms with E-state index >= 15 is 0 Å². The first-order chi connectivity index (χ1) is 13.2. The van der Waals surface area contributed by atoms with Gasteiger partial charge >= 0.3 is 0 Å². The maximum atomic E-state index is 11.5. The van der Waals surface area contributed by atoms with Gasteiger partial charge in [-0.15, -0.1) is 0 Å². The average molecular weight is 385 g/mol. The highest BCUT2D eigenvalue weighted by Gasteiger charge is 2.38. The summed E-state index contributed by atoms with van der Waals surface area (Å²) in [5.41, 5.74) is 0. The molecule has 0 aromatic carbocycles. The highest BCUT2D eigenvalue weighted by Crippen LogP contribution is 2.28. The summed E-state index contributed by atoms with van der Waals surface area (Å²) in [7, 11) is 0. The zero-order chi connectivity index (χ0) is 19.8. The van der Waals surface area contributed by atoms with Crippen LogP contribution in [0.5, 0.6) is 0 Å². The summed E-state index contributed by atoms with van der Waals surface area (Å²) in [5.74, 6) is -0.455. The van der Waals surface area contributed by atoms with Crippen molar-refractivity contribution >= 4 is 5.78 Å². The van der Waals surface area contributed by atoms with E-state index in [4.69, 9.17) is 14.2 Å². The normalized spacial score (nSPS) is 18.0. The number of rotatable bonds is 17. The van der Waals surface area contributed by atoms with E-state index in [0.29, 0.717) is 12.5 Å². The molecule has 0 saturated carbocycles. The van der Waals surface area contributed by atoms with Gasteiger partial charge in [-0.25, -0.2) is 0 Å². The quantitative estimate of drug-likeness (QED) is 0.272. The molecule has 4 heteroatoms. The minimum Gasteiger partial charge on any atom is -0.327 e. The Balaban J connectivity index is 2.30. The molecule has 1 heterocycles. The fraction of sp³-hybridized carbons (Fsp3) is 0.957. The second-order valence-corrected chi connectivity index (χ2v) is 8.10. The minimum atomic E-state index is -0.991. The largest absolute Gasteiger partial charge is 0.327 e. The Kier molecular flexibility index (Phi) is 14.1. The van der Waals surface area contributed by atoms with Crippen LogP contribution >= 0.6 is 0 Å². The monoisotopic (exact) mass is 384 g/mol. The Bertz CT molecular complexity index is 359. The summed E-state index contributed by atoms with van der Waals surface area (Å²) < 4.78 is 17.7. The van der Waals surface area contributed by atoms with E-state index in [1.165, 1.54) is 70.6 Å². The molecule has 1 unspecified atom stereocenters. The highest BCUT2D eigenvalue weighted by atomic mass is 16.9. The van der Waals surface area contributed by atoms with Crippen molar-refractivity contribution in [3.63, 3.8) is 0 Å². The molecular formula is C23H44O4. The lowest BCUT2D eigenvalue weighted by atomic mass is 10.0. The van der Waals surface area contributed by atoms with Crippen molar-refractivity contribution in [3.8, 4) is 0 Å². The molecule has 4 nitrogen and oxygen atoms in total. The SMILES string of the molecule is CCCCCCCCCCCC1(OCC(CC)CCCC)OCC(=O)CO1. The molecular weight excluding hydrogens is 340 g/mol. The maximum absolute atomic E-state index is 11.5. The molecule has 0 N–H and O–H groups in total. The molecule has 1 saturated heterocycles. The zero-order valence-corrected chi connectivity index (χ0v) is 18.2. The summed E-state index contributed by atoms with van der Waals surface area (Å²) in [6.45, 7) is 7.57. The summed E-state index contributed by atoms with van der Waals surface area (Å²) in [6, 6.07) is 0. The van der Waals surface area contributed by atoms with Gasteiger partial charge in [0, 0.05) is 6.42 Å². The molecule has 1 aliphatic heterocycles. The second-order valence-electron chi connectivity index (χ2n) is 8.10. The lowest BCUT2D eigenvalue weighted by Gasteiger charge is -2.37. The van der Waals surface area contributed by atoms with Crippen LogP contribution in [0, 0.1) is 5.92 Å². The van der Waals surface area contributed by atoms with Crippen LogP contribution in [-0.2, 0) is 19.0 Å². The molecule has 0 aromatic heterocycles. The maximum Gasteiger partial charge on any atom is 0.283 e. The second kappa shape index (κ2) is 15.5. The molecule has 0 radical (unpaired) electrons. The molecule has 27 heavy (non-hydrogen) atoms. The van der Waals surface area contributed by atoms with Gasteiger partial charge in [0.15, 0.2) is 5.78 Å². The predicted octanol–water partition coefficient (Wildman–Crippen LogP) is 6.41. The topological polar surface area (TPSA) is 44.8 Å². The Morgan fingerprint density at radius 2 is 1.41 bits per heavy atom. The number of carbonyl (C=O) groups excluding carboxylic acids is 1. The van der Waals surface area contributed by atoms with Gasteiger partial charge < -0.3 is 14.2 Å². The van der Waals surface area contributed by atoms with Gasteiger partial charge in [0.2, 0.25) is 0 Å². The van der Waals surface area contributed by atoms with E-state index in [0.717, 1.165) is 19.3 Å². The molecule has 0 bridgehead atoms. The van der Waals surface area contributed by atoms with Crippen molar-refractivity contribution in [1.29, 1.82) is 0 Å². The van der Waals surface area contributed by atoms with Crippen molar-refractivity contribution < 1.29 is 19.0 Å². The summed E-state index contributed by atoms with van der Waals surface area (Å²) in [5, 5.41) is 0. The third-order valence-corrected chi connectivity index (χ3v) is 5.57. The molecule has 0 aliphatic carbocycles. The van der Waals surface area contributed by atoms with Gasteiger partial charge in [-0.05, 0) is 18.8 Å². The first kappa shape index (κ1) is 24.6. The van der Waals surface area contributed by atoms with Crippen LogP contribution in [0.25, 0.3) is 0 Å². The molecule has 0 spiro atoms. The van der Waals surface area contributed by atoms with E-state index in [1.807, 2.05) is 0 Å². The lowest BCUT2D eigenvalue weighted by molar-refractivity contribution is -0.392. The van der Waals surface area contributed by atoms with Gasteiger partial charge in [0.05, 0.1) is 6.61 Å².